The molecule has 5 aliphatic rings. The van der Waals surface area contributed by atoms with Crippen molar-refractivity contribution in [1.82, 2.24) is 10.2 Å². The topological polar surface area (TPSA) is 125 Å². The zero-order valence-corrected chi connectivity index (χ0v) is 32.9. The number of likely N-dealkylation sites (tertiary alicyclic amines) is 1. The van der Waals surface area contributed by atoms with Crippen LogP contribution in [0.1, 0.15) is 137 Å². The molecule has 0 radical (unpaired) electrons. The third-order valence-corrected chi connectivity index (χ3v) is 14.7. The van der Waals surface area contributed by atoms with Crippen molar-refractivity contribution in [2.75, 3.05) is 26.4 Å². The molecule has 0 bridgehead atoms. The standard InChI is InChI=1S/C40H69N2O7P/c1-27(2)11-10-12-28(3)34-16-17-35-33-15-14-29-23-32(18-20-39(29,4)36(33)19-21-40(34,35)5)49-38(45)41-22-9-7-8-13-37(44)42-25-31(43)24-30(42)26-48-50(6,46)47/h14,27-28,30-36,43H,7-13,15-26H2,1-6H3,(H,41,45)(H,46,47)/t28-,30?,31?,32+,33+,34-,35+,36+,39+,40-/m1/s1. The molecule has 4 fully saturated rings. The van der Waals surface area contributed by atoms with Gasteiger partial charge in [-0.25, -0.2) is 4.79 Å². The Labute approximate surface area is 302 Å². The van der Waals surface area contributed by atoms with Gasteiger partial charge in [0.25, 0.3) is 0 Å². The number of aliphatic hydroxyl groups excluding tert-OH is 1. The predicted molar refractivity (Wildman–Crippen MR) is 198 cm³/mol. The highest BCUT2D eigenvalue weighted by Gasteiger charge is 2.59. The van der Waals surface area contributed by atoms with Gasteiger partial charge in [0.05, 0.1) is 18.8 Å². The van der Waals surface area contributed by atoms with Gasteiger partial charge in [-0.15, -0.1) is 0 Å². The summed E-state index contributed by atoms with van der Waals surface area (Å²) in [5.41, 5.74) is 2.26. The fourth-order valence-corrected chi connectivity index (χ4v) is 11.9. The lowest BCUT2D eigenvalue weighted by Crippen LogP contribution is -2.51. The van der Waals surface area contributed by atoms with Crippen LogP contribution in [0.2, 0.25) is 0 Å². The first-order chi connectivity index (χ1) is 23.6. The summed E-state index contributed by atoms with van der Waals surface area (Å²) in [6, 6.07) is -0.394. The minimum Gasteiger partial charge on any atom is -0.446 e. The molecule has 0 aromatic rings. The molecule has 1 aliphatic heterocycles. The normalized spacial score (nSPS) is 36.9. The Balaban J connectivity index is 1.02. The number of hydrogen-bond donors (Lipinski definition) is 3. The smallest absolute Gasteiger partial charge is 0.407 e. The molecule has 3 saturated carbocycles. The summed E-state index contributed by atoms with van der Waals surface area (Å²) >= 11 is 0. The zero-order valence-electron chi connectivity index (χ0n) is 32.0. The highest BCUT2D eigenvalue weighted by atomic mass is 31.2. The van der Waals surface area contributed by atoms with Gasteiger partial charge >= 0.3 is 13.7 Å². The van der Waals surface area contributed by atoms with Gasteiger partial charge in [0.2, 0.25) is 5.91 Å². The van der Waals surface area contributed by atoms with Crippen molar-refractivity contribution < 1.29 is 33.4 Å². The molecule has 286 valence electrons. The quantitative estimate of drug-likeness (QED) is 0.0881. The number of ether oxygens (including phenoxy) is 1. The van der Waals surface area contributed by atoms with E-state index in [1.165, 1.54) is 56.9 Å². The lowest BCUT2D eigenvalue weighted by atomic mass is 9.47. The molecule has 0 aromatic carbocycles. The summed E-state index contributed by atoms with van der Waals surface area (Å²) in [5, 5.41) is 13.0. The molecule has 3 N–H and O–H groups in total. The summed E-state index contributed by atoms with van der Waals surface area (Å²) in [6.07, 6.45) is 18.1. The second-order valence-corrected chi connectivity index (χ2v) is 19.8. The number of hydrogen-bond acceptors (Lipinski definition) is 6. The summed E-state index contributed by atoms with van der Waals surface area (Å²) in [4.78, 5) is 36.5. The number of carbonyl (C=O) groups is 2. The van der Waals surface area contributed by atoms with E-state index >= 15 is 0 Å². The van der Waals surface area contributed by atoms with E-state index in [4.69, 9.17) is 9.26 Å². The number of aliphatic hydroxyl groups is 1. The predicted octanol–water partition coefficient (Wildman–Crippen LogP) is 8.48. The Morgan fingerprint density at radius 1 is 1.04 bits per heavy atom. The maximum atomic E-state index is 12.8. The third kappa shape index (κ3) is 9.38. The highest BCUT2D eigenvalue weighted by molar-refractivity contribution is 7.51. The largest absolute Gasteiger partial charge is 0.446 e. The number of carbonyl (C=O) groups excluding carboxylic acids is 2. The molecule has 3 unspecified atom stereocenters. The molecule has 4 aliphatic carbocycles. The van der Waals surface area contributed by atoms with Gasteiger partial charge in [0.15, 0.2) is 0 Å². The lowest BCUT2D eigenvalue weighted by Gasteiger charge is -2.58. The van der Waals surface area contributed by atoms with Crippen molar-refractivity contribution in [3.05, 3.63) is 11.6 Å². The van der Waals surface area contributed by atoms with Crippen LogP contribution in [0.3, 0.4) is 0 Å². The van der Waals surface area contributed by atoms with Crippen LogP contribution in [0.25, 0.3) is 0 Å². The second kappa shape index (κ2) is 16.7. The van der Waals surface area contributed by atoms with Gasteiger partial charge in [-0.05, 0) is 111 Å². The number of β-amino-alcohol motifs (C(OH)–C–C–N with tert-alkyl or cyclic N) is 1. The maximum absolute atomic E-state index is 12.8. The molecule has 9 nitrogen and oxygen atoms in total. The first-order valence-electron chi connectivity index (χ1n) is 20.2. The van der Waals surface area contributed by atoms with Gasteiger partial charge < -0.3 is 29.5 Å². The molecule has 10 heteroatoms. The Morgan fingerprint density at radius 2 is 1.82 bits per heavy atom. The first-order valence-corrected chi connectivity index (χ1v) is 22.2. The number of rotatable bonds is 15. The molecule has 1 heterocycles. The fraction of sp³-hybridized carbons (Fsp3) is 0.900. The number of nitrogens with one attached hydrogen (secondary N) is 1. The Kier molecular flexibility index (Phi) is 13.3. The summed E-state index contributed by atoms with van der Waals surface area (Å²) in [7, 11) is -3.65. The number of nitrogens with zero attached hydrogens (tertiary/aromatic N) is 1. The van der Waals surface area contributed by atoms with E-state index in [1.54, 1.807) is 4.90 Å². The number of fused-ring (bicyclic) bond motifs is 5. The summed E-state index contributed by atoms with van der Waals surface area (Å²) < 4.78 is 22.5. The van der Waals surface area contributed by atoms with Crippen LogP contribution < -0.4 is 5.32 Å². The number of alkyl carbamates (subject to hydrolysis) is 1. The van der Waals surface area contributed by atoms with E-state index in [-0.39, 0.29) is 36.7 Å². The van der Waals surface area contributed by atoms with Crippen LogP contribution in [0.5, 0.6) is 0 Å². The average molecular weight is 721 g/mol. The van der Waals surface area contributed by atoms with Gasteiger partial charge in [-0.1, -0.05) is 72.0 Å². The molecular weight excluding hydrogens is 651 g/mol. The summed E-state index contributed by atoms with van der Waals surface area (Å²) in [6.45, 7) is 14.2. The van der Waals surface area contributed by atoms with Crippen LogP contribution >= 0.6 is 7.60 Å². The second-order valence-electron chi connectivity index (χ2n) is 18.0. The van der Waals surface area contributed by atoms with Crippen LogP contribution in [0, 0.1) is 46.3 Å². The van der Waals surface area contributed by atoms with Gasteiger partial charge in [0.1, 0.15) is 6.10 Å². The molecular formula is C40H69N2O7P. The van der Waals surface area contributed by atoms with Gasteiger partial charge in [-0.2, -0.15) is 0 Å². The molecule has 0 aromatic heterocycles. The first kappa shape index (κ1) is 39.8. The van der Waals surface area contributed by atoms with E-state index in [2.05, 4.69) is 46.0 Å². The van der Waals surface area contributed by atoms with Crippen molar-refractivity contribution in [3.63, 3.8) is 0 Å². The molecule has 2 amide bonds. The fourth-order valence-electron chi connectivity index (χ4n) is 11.4. The zero-order chi connectivity index (χ0) is 36.3. The minimum absolute atomic E-state index is 0.0592. The number of unbranched alkanes of at least 4 members (excludes halogenated alkanes) is 2. The maximum Gasteiger partial charge on any atom is 0.407 e. The van der Waals surface area contributed by atoms with Crippen LogP contribution in [-0.2, 0) is 18.6 Å². The van der Waals surface area contributed by atoms with Crippen LogP contribution in [-0.4, -0.2) is 71.5 Å². The van der Waals surface area contributed by atoms with Crippen molar-refractivity contribution >= 4 is 19.6 Å². The number of allylic oxidation sites excluding steroid dienone is 1. The van der Waals surface area contributed by atoms with E-state index < -0.39 is 19.7 Å². The van der Waals surface area contributed by atoms with E-state index in [0.29, 0.717) is 31.2 Å². The van der Waals surface area contributed by atoms with Crippen molar-refractivity contribution in [2.24, 2.45) is 46.3 Å². The average Bonchev–Trinajstić information content (AvgIpc) is 3.60. The molecule has 5 rings (SSSR count). The van der Waals surface area contributed by atoms with Crippen LogP contribution in [0.4, 0.5) is 4.79 Å². The third-order valence-electron chi connectivity index (χ3n) is 14.1. The summed E-state index contributed by atoms with van der Waals surface area (Å²) in [5.74, 6) is 4.82. The van der Waals surface area contributed by atoms with E-state index in [1.807, 2.05) is 0 Å². The minimum atomic E-state index is -3.65. The highest BCUT2D eigenvalue weighted by Crippen LogP contribution is 2.67. The van der Waals surface area contributed by atoms with Crippen molar-refractivity contribution in [3.8, 4) is 0 Å². The molecule has 0 spiro atoms. The van der Waals surface area contributed by atoms with Crippen molar-refractivity contribution in [1.29, 1.82) is 0 Å². The molecule has 11 atom stereocenters. The Bertz CT molecular complexity index is 1250. The number of amides is 2. The van der Waals surface area contributed by atoms with Crippen LogP contribution in [0.15, 0.2) is 11.6 Å². The lowest BCUT2D eigenvalue weighted by molar-refractivity contribution is -0.133. The van der Waals surface area contributed by atoms with E-state index in [0.717, 1.165) is 74.3 Å². The van der Waals surface area contributed by atoms with Gasteiger partial charge in [0, 0.05) is 32.6 Å². The Morgan fingerprint density at radius 3 is 2.56 bits per heavy atom. The van der Waals surface area contributed by atoms with Crippen molar-refractivity contribution in [2.45, 2.75) is 156 Å². The SMILES string of the molecule is CC(C)CCC[C@@H](C)[C@H]1CC[C@H]2[C@@H]3CC=C4C[C@@H](OC(=O)NCCCCCC(=O)N5CC(O)CC5COP(C)(=O)O)CC[C@]4(C)[C@H]3CC[C@]12C. The Hall–Kier alpha value is -1.41. The monoisotopic (exact) mass is 720 g/mol. The molecule has 50 heavy (non-hydrogen) atoms. The van der Waals surface area contributed by atoms with Gasteiger partial charge in [-0.3, -0.25) is 9.36 Å². The molecule has 1 saturated heterocycles. The van der Waals surface area contributed by atoms with E-state index in [9.17, 15) is 24.2 Å².